The van der Waals surface area contributed by atoms with Crippen LogP contribution in [0.5, 0.6) is 0 Å². The molecule has 9 heteroatoms. The molecule has 19 heavy (non-hydrogen) atoms. The van der Waals surface area contributed by atoms with E-state index in [1.807, 2.05) is 0 Å². The number of rotatable bonds is 3. The molecule has 0 unspecified atom stereocenters. The summed E-state index contributed by atoms with van der Waals surface area (Å²) in [4.78, 5) is 25.7. The second-order valence-electron chi connectivity index (χ2n) is 3.45. The van der Waals surface area contributed by atoms with E-state index >= 15 is 0 Å². The number of carbonyl (C=O) groups is 1. The molecule has 0 saturated carbocycles. The normalized spacial score (nSPS) is 10.2. The summed E-state index contributed by atoms with van der Waals surface area (Å²) in [5, 5.41) is 15.0. The van der Waals surface area contributed by atoms with Crippen molar-refractivity contribution in [1.29, 1.82) is 0 Å². The summed E-state index contributed by atoms with van der Waals surface area (Å²) in [5.74, 6) is -0.532. The highest BCUT2D eigenvalue weighted by atomic mass is 35.5. The molecule has 0 fully saturated rings. The fourth-order valence-corrected chi connectivity index (χ4v) is 2.01. The summed E-state index contributed by atoms with van der Waals surface area (Å²) >= 11 is 6.98. The van der Waals surface area contributed by atoms with Gasteiger partial charge < -0.3 is 11.1 Å². The number of halogens is 1. The molecule has 0 aliphatic rings. The minimum Gasteiger partial charge on any atom is -0.375 e. The van der Waals surface area contributed by atoms with Crippen molar-refractivity contribution in [3.8, 4) is 0 Å². The maximum absolute atomic E-state index is 11.8. The fourth-order valence-electron chi connectivity index (χ4n) is 1.30. The largest absolute Gasteiger partial charge is 0.375 e. The van der Waals surface area contributed by atoms with Crippen LogP contribution in [0.25, 0.3) is 0 Å². The standard InChI is InChI=1S/C10H7ClN4O3S/c11-6-2-1-5(15(17)18)3-7(6)13-9(16)8-4-19-10(12)14-8/h1-4H,(H2,12,14)(H,13,16). The van der Waals surface area contributed by atoms with Crippen molar-refractivity contribution in [1.82, 2.24) is 4.98 Å². The number of amides is 1. The van der Waals surface area contributed by atoms with Gasteiger partial charge in [-0.1, -0.05) is 11.6 Å². The predicted octanol–water partition coefficient (Wildman–Crippen LogP) is 2.54. The molecule has 0 aliphatic heterocycles. The van der Waals surface area contributed by atoms with Crippen LogP contribution in [0.4, 0.5) is 16.5 Å². The molecule has 0 spiro atoms. The zero-order valence-corrected chi connectivity index (χ0v) is 10.9. The molecule has 7 nitrogen and oxygen atoms in total. The number of thiazole rings is 1. The zero-order valence-electron chi connectivity index (χ0n) is 9.29. The van der Waals surface area contributed by atoms with Gasteiger partial charge in [0, 0.05) is 17.5 Å². The van der Waals surface area contributed by atoms with Gasteiger partial charge in [-0.15, -0.1) is 11.3 Å². The molecule has 3 N–H and O–H groups in total. The van der Waals surface area contributed by atoms with Gasteiger partial charge in [-0.2, -0.15) is 0 Å². The van der Waals surface area contributed by atoms with E-state index in [0.29, 0.717) is 0 Å². The minimum absolute atomic E-state index is 0.130. The Morgan fingerprint density at radius 2 is 2.26 bits per heavy atom. The third-order valence-electron chi connectivity index (χ3n) is 2.16. The molecule has 0 radical (unpaired) electrons. The van der Waals surface area contributed by atoms with Gasteiger partial charge in [0.05, 0.1) is 15.6 Å². The van der Waals surface area contributed by atoms with Crippen LogP contribution in [-0.2, 0) is 0 Å². The second-order valence-corrected chi connectivity index (χ2v) is 4.74. The lowest BCUT2D eigenvalue weighted by atomic mass is 10.2. The van der Waals surface area contributed by atoms with E-state index in [1.54, 1.807) is 0 Å². The molecule has 1 aromatic carbocycles. The van der Waals surface area contributed by atoms with Crippen molar-refractivity contribution < 1.29 is 9.72 Å². The summed E-state index contributed by atoms with van der Waals surface area (Å²) in [6.07, 6.45) is 0. The first-order valence-electron chi connectivity index (χ1n) is 4.93. The van der Waals surface area contributed by atoms with Crippen molar-refractivity contribution in [2.24, 2.45) is 0 Å². The lowest BCUT2D eigenvalue weighted by Gasteiger charge is -2.05. The maximum Gasteiger partial charge on any atom is 0.275 e. The van der Waals surface area contributed by atoms with Crippen LogP contribution in [-0.4, -0.2) is 15.8 Å². The van der Waals surface area contributed by atoms with Crippen LogP contribution >= 0.6 is 22.9 Å². The quantitative estimate of drug-likeness (QED) is 0.668. The number of nitrogens with zero attached hydrogens (tertiary/aromatic N) is 2. The van der Waals surface area contributed by atoms with Crippen molar-refractivity contribution in [3.63, 3.8) is 0 Å². The summed E-state index contributed by atoms with van der Waals surface area (Å²) in [6, 6.07) is 3.76. The fraction of sp³-hybridized carbons (Fsp3) is 0. The highest BCUT2D eigenvalue weighted by molar-refractivity contribution is 7.13. The topological polar surface area (TPSA) is 111 Å². The Morgan fingerprint density at radius 1 is 1.53 bits per heavy atom. The van der Waals surface area contributed by atoms with E-state index in [-0.39, 0.29) is 27.2 Å². The molecular formula is C10H7ClN4O3S. The number of hydrogen-bond acceptors (Lipinski definition) is 6. The first-order chi connectivity index (χ1) is 8.97. The van der Waals surface area contributed by atoms with Gasteiger partial charge in [0.15, 0.2) is 5.13 Å². The van der Waals surface area contributed by atoms with Crippen LogP contribution in [0.1, 0.15) is 10.5 Å². The van der Waals surface area contributed by atoms with E-state index in [2.05, 4.69) is 10.3 Å². The number of nitrogens with one attached hydrogen (secondary N) is 1. The average Bonchev–Trinajstić information content (AvgIpc) is 2.78. The molecule has 98 valence electrons. The number of nitro groups is 1. The molecule has 1 aromatic heterocycles. The van der Waals surface area contributed by atoms with Crippen LogP contribution in [0.2, 0.25) is 5.02 Å². The molecular weight excluding hydrogens is 292 g/mol. The molecule has 1 heterocycles. The molecule has 0 bridgehead atoms. The van der Waals surface area contributed by atoms with E-state index in [1.165, 1.54) is 23.6 Å². The Kier molecular flexibility index (Phi) is 3.63. The van der Waals surface area contributed by atoms with Crippen LogP contribution in [0.15, 0.2) is 23.6 Å². The highest BCUT2D eigenvalue weighted by Crippen LogP contribution is 2.27. The Bertz CT molecular complexity index is 658. The lowest BCUT2D eigenvalue weighted by molar-refractivity contribution is -0.384. The van der Waals surface area contributed by atoms with Crippen molar-refractivity contribution in [3.05, 3.63) is 44.4 Å². The molecule has 0 atom stereocenters. The van der Waals surface area contributed by atoms with Crippen molar-refractivity contribution >= 4 is 45.4 Å². The lowest BCUT2D eigenvalue weighted by Crippen LogP contribution is -2.13. The number of hydrogen-bond donors (Lipinski definition) is 2. The Balaban J connectivity index is 2.25. The second kappa shape index (κ2) is 5.21. The van der Waals surface area contributed by atoms with E-state index in [0.717, 1.165) is 11.3 Å². The number of aromatic nitrogens is 1. The average molecular weight is 299 g/mol. The van der Waals surface area contributed by atoms with Gasteiger partial charge >= 0.3 is 0 Å². The summed E-state index contributed by atoms with van der Waals surface area (Å²) in [5.41, 5.74) is 5.52. The maximum atomic E-state index is 11.8. The van der Waals surface area contributed by atoms with Crippen LogP contribution < -0.4 is 11.1 Å². The zero-order chi connectivity index (χ0) is 14.0. The minimum atomic E-state index is -0.577. The molecule has 0 aliphatic carbocycles. The van der Waals surface area contributed by atoms with Gasteiger partial charge in [-0.25, -0.2) is 4.98 Å². The number of non-ortho nitro benzene ring substituents is 1. The Morgan fingerprint density at radius 3 is 2.84 bits per heavy atom. The number of nitrogens with two attached hydrogens (primary N) is 1. The molecule has 2 rings (SSSR count). The molecule has 2 aromatic rings. The molecule has 0 saturated heterocycles. The third-order valence-corrected chi connectivity index (χ3v) is 3.17. The third kappa shape index (κ3) is 2.98. The smallest absolute Gasteiger partial charge is 0.275 e. The number of nitrogen functional groups attached to an aromatic ring is 1. The van der Waals surface area contributed by atoms with Crippen molar-refractivity contribution in [2.75, 3.05) is 11.1 Å². The van der Waals surface area contributed by atoms with E-state index in [4.69, 9.17) is 17.3 Å². The number of nitro benzene ring substituents is 1. The van der Waals surface area contributed by atoms with E-state index < -0.39 is 10.8 Å². The summed E-state index contributed by atoms with van der Waals surface area (Å²) in [7, 11) is 0. The van der Waals surface area contributed by atoms with Gasteiger partial charge in [0.1, 0.15) is 5.69 Å². The van der Waals surface area contributed by atoms with E-state index in [9.17, 15) is 14.9 Å². The number of anilines is 2. The van der Waals surface area contributed by atoms with Gasteiger partial charge in [-0.05, 0) is 6.07 Å². The van der Waals surface area contributed by atoms with Gasteiger partial charge in [-0.3, -0.25) is 14.9 Å². The monoisotopic (exact) mass is 298 g/mol. The first-order valence-corrected chi connectivity index (χ1v) is 6.19. The predicted molar refractivity (Wildman–Crippen MR) is 72.6 cm³/mol. The first kappa shape index (κ1) is 13.2. The summed E-state index contributed by atoms with van der Waals surface area (Å²) < 4.78 is 0. The van der Waals surface area contributed by atoms with Crippen LogP contribution in [0.3, 0.4) is 0 Å². The Hall–Kier alpha value is -2.19. The van der Waals surface area contributed by atoms with Gasteiger partial charge in [0.2, 0.25) is 0 Å². The number of benzene rings is 1. The van der Waals surface area contributed by atoms with Gasteiger partial charge in [0.25, 0.3) is 11.6 Å². The number of carbonyl (C=O) groups excluding carboxylic acids is 1. The van der Waals surface area contributed by atoms with Crippen molar-refractivity contribution in [2.45, 2.75) is 0 Å². The van der Waals surface area contributed by atoms with Crippen LogP contribution in [0, 0.1) is 10.1 Å². The summed E-state index contributed by atoms with van der Waals surface area (Å²) in [6.45, 7) is 0. The Labute approximate surface area is 116 Å². The SMILES string of the molecule is Nc1nc(C(=O)Nc2cc([N+](=O)[O-])ccc2Cl)cs1. The highest BCUT2D eigenvalue weighted by Gasteiger charge is 2.14. The molecule has 1 amide bonds.